The highest BCUT2D eigenvalue weighted by Gasteiger charge is 2.28. The number of nitrogens with one attached hydrogen (secondary N) is 1. The van der Waals surface area contributed by atoms with Crippen LogP contribution in [0.2, 0.25) is 5.02 Å². The lowest BCUT2D eigenvalue weighted by molar-refractivity contribution is -0.508. The lowest BCUT2D eigenvalue weighted by Gasteiger charge is -2.06. The number of hydrogen-bond acceptors (Lipinski definition) is 3. The number of aromatic nitrogens is 1. The summed E-state index contributed by atoms with van der Waals surface area (Å²) in [7, 11) is 0. The first-order valence-corrected chi connectivity index (χ1v) is 7.96. The van der Waals surface area contributed by atoms with E-state index in [9.17, 15) is 9.18 Å². The summed E-state index contributed by atoms with van der Waals surface area (Å²) in [5, 5.41) is 6.59. The van der Waals surface area contributed by atoms with Crippen LogP contribution in [0, 0.1) is 12.7 Å². The number of carbonyl (C=O) groups is 1. The average molecular weight is 352 g/mol. The molecule has 8 heteroatoms. The van der Waals surface area contributed by atoms with E-state index >= 15 is 0 Å². The maximum Gasteiger partial charge on any atom is 0.350 e. The Morgan fingerprint density at radius 1 is 1.42 bits per heavy atom. The number of nitrogens with zero attached hydrogens (tertiary/aromatic N) is 2. The number of amides is 1. The second-order valence-electron chi connectivity index (χ2n) is 5.59. The average Bonchev–Trinajstić information content (AvgIpc) is 3.17. The summed E-state index contributed by atoms with van der Waals surface area (Å²) in [6.07, 6.45) is 2.05. The van der Waals surface area contributed by atoms with Crippen LogP contribution in [0.5, 0.6) is 0 Å². The van der Waals surface area contributed by atoms with E-state index in [1.165, 1.54) is 18.2 Å². The molecule has 24 heavy (non-hydrogen) atoms. The summed E-state index contributed by atoms with van der Waals surface area (Å²) in [5.41, 5.74) is 6.15. The molecule has 3 rings (SSSR count). The van der Waals surface area contributed by atoms with Crippen molar-refractivity contribution in [2.45, 2.75) is 19.8 Å². The Bertz CT molecular complexity index is 803. The number of guanidine groups is 1. The summed E-state index contributed by atoms with van der Waals surface area (Å²) in [4.78, 5) is 12.6. The van der Waals surface area contributed by atoms with Gasteiger partial charge in [0.2, 0.25) is 0 Å². The third-order valence-electron chi connectivity index (χ3n) is 3.98. The van der Waals surface area contributed by atoms with Gasteiger partial charge in [0.05, 0.1) is 23.7 Å². The third-order valence-corrected chi connectivity index (χ3v) is 4.29. The highest BCUT2D eigenvalue weighted by molar-refractivity contribution is 6.33. The summed E-state index contributed by atoms with van der Waals surface area (Å²) >= 11 is 6.07. The molecule has 1 saturated heterocycles. The van der Waals surface area contributed by atoms with Crippen LogP contribution >= 0.6 is 11.6 Å². The van der Waals surface area contributed by atoms with Crippen molar-refractivity contribution in [2.24, 2.45) is 5.73 Å². The molecular formula is C16H17ClFN4O2+. The number of nitrogens with two attached hydrogens (primary N) is 1. The van der Waals surface area contributed by atoms with Crippen molar-refractivity contribution >= 4 is 23.5 Å². The van der Waals surface area contributed by atoms with Gasteiger partial charge < -0.3 is 4.52 Å². The predicted molar refractivity (Wildman–Crippen MR) is 87.5 cm³/mol. The Morgan fingerprint density at radius 2 is 2.12 bits per heavy atom. The van der Waals surface area contributed by atoms with Crippen LogP contribution in [0.1, 0.15) is 29.0 Å². The zero-order chi connectivity index (χ0) is 17.3. The molecule has 0 bridgehead atoms. The second-order valence-corrected chi connectivity index (χ2v) is 6.00. The van der Waals surface area contributed by atoms with Gasteiger partial charge in [0.25, 0.3) is 0 Å². The van der Waals surface area contributed by atoms with E-state index in [-0.39, 0.29) is 33.6 Å². The summed E-state index contributed by atoms with van der Waals surface area (Å²) in [6.45, 7) is 3.16. The second kappa shape index (κ2) is 6.60. The smallest absolute Gasteiger partial charge is 0.350 e. The third kappa shape index (κ3) is 2.99. The quantitative estimate of drug-likeness (QED) is 0.642. The Kier molecular flexibility index (Phi) is 4.53. The Labute approximate surface area is 143 Å². The Morgan fingerprint density at radius 3 is 2.79 bits per heavy atom. The van der Waals surface area contributed by atoms with Crippen molar-refractivity contribution in [3.63, 3.8) is 0 Å². The van der Waals surface area contributed by atoms with Crippen molar-refractivity contribution in [3.8, 4) is 11.3 Å². The Hall–Kier alpha value is -2.41. The molecule has 1 aliphatic heterocycles. The lowest BCUT2D eigenvalue weighted by atomic mass is 10.0. The standard InChI is InChI=1S/C16H16ClFN4O2/c1-9-12(15(23)20-16(19)22-7-2-3-8-22)14(21-24-9)13-10(17)5-4-6-11(13)18/h4-6H,2-3,7-8H2,1H3,(H2,19,20,23)/p+1. The zero-order valence-electron chi connectivity index (χ0n) is 13.1. The van der Waals surface area contributed by atoms with Crippen molar-refractivity contribution < 1.29 is 18.3 Å². The maximum absolute atomic E-state index is 14.2. The zero-order valence-corrected chi connectivity index (χ0v) is 13.9. The summed E-state index contributed by atoms with van der Waals surface area (Å²) in [6, 6.07) is 4.25. The number of aryl methyl sites for hydroxylation is 1. The fraction of sp³-hybridized carbons (Fsp3) is 0.312. The van der Waals surface area contributed by atoms with Crippen LogP contribution in [0.25, 0.3) is 11.3 Å². The molecule has 2 heterocycles. The van der Waals surface area contributed by atoms with Crippen LogP contribution < -0.4 is 11.1 Å². The molecule has 2 aromatic rings. The van der Waals surface area contributed by atoms with Gasteiger partial charge in [-0.3, -0.25) is 15.1 Å². The van der Waals surface area contributed by atoms with Gasteiger partial charge in [0.15, 0.2) is 0 Å². The first-order chi connectivity index (χ1) is 11.5. The highest BCUT2D eigenvalue weighted by atomic mass is 35.5. The van der Waals surface area contributed by atoms with E-state index in [4.69, 9.17) is 21.9 Å². The molecule has 0 radical (unpaired) electrons. The van der Waals surface area contributed by atoms with Crippen LogP contribution in [0.4, 0.5) is 4.39 Å². The maximum atomic E-state index is 14.2. The molecule has 6 nitrogen and oxygen atoms in total. The number of benzene rings is 1. The van der Waals surface area contributed by atoms with Crippen LogP contribution in [-0.2, 0) is 0 Å². The van der Waals surface area contributed by atoms with Gasteiger partial charge in [-0.25, -0.2) is 9.71 Å². The molecule has 0 spiro atoms. The first kappa shape index (κ1) is 16.4. The van der Waals surface area contributed by atoms with Crippen molar-refractivity contribution in [2.75, 3.05) is 13.1 Å². The number of hydrogen-bond donors (Lipinski definition) is 2. The molecule has 0 atom stereocenters. The van der Waals surface area contributed by atoms with E-state index in [1.54, 1.807) is 6.92 Å². The minimum absolute atomic E-state index is 0.0286. The number of halogens is 2. The molecular weight excluding hydrogens is 335 g/mol. The topological polar surface area (TPSA) is 84.2 Å². The van der Waals surface area contributed by atoms with Crippen LogP contribution in [0.3, 0.4) is 0 Å². The molecule has 0 unspecified atom stereocenters. The predicted octanol–water partition coefficient (Wildman–Crippen LogP) is 2.29. The molecule has 1 fully saturated rings. The van der Waals surface area contributed by atoms with E-state index in [0.29, 0.717) is 0 Å². The van der Waals surface area contributed by atoms with Gasteiger partial charge >= 0.3 is 11.9 Å². The highest BCUT2D eigenvalue weighted by Crippen LogP contribution is 2.33. The molecule has 1 aromatic carbocycles. The van der Waals surface area contributed by atoms with Gasteiger partial charge in [0, 0.05) is 0 Å². The number of carbonyl (C=O) groups excluding carboxylic acids is 1. The fourth-order valence-corrected chi connectivity index (χ4v) is 3.00. The molecule has 1 aromatic heterocycles. The molecule has 1 amide bonds. The lowest BCUT2D eigenvalue weighted by Crippen LogP contribution is -2.43. The molecule has 3 N–H and O–H groups in total. The van der Waals surface area contributed by atoms with E-state index < -0.39 is 11.7 Å². The molecule has 0 aliphatic carbocycles. The van der Waals surface area contributed by atoms with E-state index in [0.717, 1.165) is 25.9 Å². The van der Waals surface area contributed by atoms with Crippen molar-refractivity contribution in [3.05, 3.63) is 40.4 Å². The first-order valence-electron chi connectivity index (χ1n) is 7.58. The molecule has 126 valence electrons. The molecule has 1 aliphatic rings. The number of rotatable bonds is 2. The van der Waals surface area contributed by atoms with Crippen molar-refractivity contribution in [1.82, 2.24) is 10.5 Å². The summed E-state index contributed by atoms with van der Waals surface area (Å²) < 4.78 is 21.1. The largest absolute Gasteiger partial charge is 0.360 e. The van der Waals surface area contributed by atoms with Gasteiger partial charge in [-0.1, -0.05) is 22.8 Å². The fourth-order valence-electron chi connectivity index (χ4n) is 2.75. The van der Waals surface area contributed by atoms with E-state index in [2.05, 4.69) is 10.5 Å². The monoisotopic (exact) mass is 351 g/mol. The minimum Gasteiger partial charge on any atom is -0.360 e. The van der Waals surface area contributed by atoms with Gasteiger partial charge in [-0.15, -0.1) is 0 Å². The molecule has 0 saturated carbocycles. The van der Waals surface area contributed by atoms with Crippen LogP contribution in [-0.4, -0.2) is 34.7 Å². The summed E-state index contributed by atoms with van der Waals surface area (Å²) in [5.74, 6) is -0.562. The van der Waals surface area contributed by atoms with Crippen molar-refractivity contribution in [1.29, 1.82) is 0 Å². The minimum atomic E-state index is -0.582. The van der Waals surface area contributed by atoms with Gasteiger partial charge in [-0.05, 0) is 31.9 Å². The van der Waals surface area contributed by atoms with Gasteiger partial charge in [-0.2, -0.15) is 0 Å². The van der Waals surface area contributed by atoms with Crippen LogP contribution in [0.15, 0.2) is 22.7 Å². The Balaban J connectivity index is 1.99. The normalized spacial score (nSPS) is 14.0. The van der Waals surface area contributed by atoms with Gasteiger partial charge in [0.1, 0.15) is 22.8 Å². The SMILES string of the molecule is Cc1onc(-c2c(F)cccc2Cl)c1C(=O)NC(N)=[N+]1CCCC1. The van der Waals surface area contributed by atoms with E-state index in [1.807, 2.05) is 4.58 Å².